The summed E-state index contributed by atoms with van der Waals surface area (Å²) in [5, 5.41) is 3.23. The molecule has 1 saturated carbocycles. The molecule has 146 valence electrons. The van der Waals surface area contributed by atoms with Crippen molar-refractivity contribution in [2.24, 2.45) is 17.8 Å². The third kappa shape index (κ3) is 4.32. The van der Waals surface area contributed by atoms with Crippen LogP contribution in [-0.4, -0.2) is 54.0 Å². The first-order valence-corrected chi connectivity index (χ1v) is 10.3. The lowest BCUT2D eigenvalue weighted by Crippen LogP contribution is -2.48. The number of pyridine rings is 1. The number of nitrogens with zero attached hydrogens (tertiary/aromatic N) is 2. The van der Waals surface area contributed by atoms with Crippen LogP contribution >= 0.6 is 0 Å². The molecule has 2 unspecified atom stereocenters. The standard InChI is InChI=1S/C21H29N3O3/c25-20(16-6-10-24(11-7-16)21(26)17-2-1-3-17)23-19-14-27-13-18(19)12-15-4-8-22-9-5-15/h4-5,8-9,16-19H,1-3,6-7,10-14H2,(H,23,25). The number of piperidine rings is 1. The molecule has 1 aromatic heterocycles. The van der Waals surface area contributed by atoms with Crippen molar-refractivity contribution in [2.45, 2.75) is 44.6 Å². The van der Waals surface area contributed by atoms with E-state index in [4.69, 9.17) is 4.74 Å². The first-order valence-electron chi connectivity index (χ1n) is 10.3. The molecule has 1 aliphatic carbocycles. The van der Waals surface area contributed by atoms with Crippen molar-refractivity contribution in [3.8, 4) is 0 Å². The third-order valence-electron chi connectivity index (χ3n) is 6.41. The fraction of sp³-hybridized carbons (Fsp3) is 0.667. The van der Waals surface area contributed by atoms with Crippen molar-refractivity contribution < 1.29 is 14.3 Å². The van der Waals surface area contributed by atoms with Gasteiger partial charge in [0.1, 0.15) is 0 Å². The van der Waals surface area contributed by atoms with Crippen molar-refractivity contribution in [1.82, 2.24) is 15.2 Å². The number of amides is 2. The van der Waals surface area contributed by atoms with Gasteiger partial charge >= 0.3 is 0 Å². The number of ether oxygens (including phenoxy) is 1. The van der Waals surface area contributed by atoms with Crippen LogP contribution in [0.4, 0.5) is 0 Å². The Morgan fingerprint density at radius 2 is 1.81 bits per heavy atom. The predicted molar refractivity (Wildman–Crippen MR) is 101 cm³/mol. The predicted octanol–water partition coefficient (Wildman–Crippen LogP) is 1.79. The van der Waals surface area contributed by atoms with E-state index in [1.54, 1.807) is 12.4 Å². The quantitative estimate of drug-likeness (QED) is 0.857. The zero-order valence-corrected chi connectivity index (χ0v) is 15.8. The van der Waals surface area contributed by atoms with Crippen molar-refractivity contribution in [3.05, 3.63) is 30.1 Å². The highest BCUT2D eigenvalue weighted by Gasteiger charge is 2.35. The van der Waals surface area contributed by atoms with Crippen molar-refractivity contribution in [2.75, 3.05) is 26.3 Å². The molecule has 4 rings (SSSR count). The Balaban J connectivity index is 1.25. The molecule has 2 saturated heterocycles. The number of hydrogen-bond acceptors (Lipinski definition) is 4. The highest BCUT2D eigenvalue weighted by atomic mass is 16.5. The fourth-order valence-electron chi connectivity index (χ4n) is 4.36. The summed E-state index contributed by atoms with van der Waals surface area (Å²) in [7, 11) is 0. The molecule has 1 aromatic rings. The molecule has 0 radical (unpaired) electrons. The van der Waals surface area contributed by atoms with Gasteiger partial charge in [-0.05, 0) is 49.8 Å². The van der Waals surface area contributed by atoms with Gasteiger partial charge in [0.2, 0.25) is 11.8 Å². The van der Waals surface area contributed by atoms with Gasteiger partial charge in [-0.25, -0.2) is 0 Å². The van der Waals surface area contributed by atoms with E-state index >= 15 is 0 Å². The van der Waals surface area contributed by atoms with Crippen molar-refractivity contribution in [1.29, 1.82) is 0 Å². The van der Waals surface area contributed by atoms with Gasteiger partial charge in [-0.3, -0.25) is 14.6 Å². The lowest BCUT2D eigenvalue weighted by Gasteiger charge is -2.36. The molecule has 3 aliphatic rings. The summed E-state index contributed by atoms with van der Waals surface area (Å²) in [4.78, 5) is 31.1. The molecule has 1 N–H and O–H groups in total. The normalized spacial score (nSPS) is 26.6. The zero-order valence-electron chi connectivity index (χ0n) is 15.8. The Kier molecular flexibility index (Phi) is 5.72. The molecule has 0 spiro atoms. The molecule has 0 bridgehead atoms. The van der Waals surface area contributed by atoms with Crippen molar-refractivity contribution >= 4 is 11.8 Å². The Morgan fingerprint density at radius 3 is 2.48 bits per heavy atom. The first-order chi connectivity index (χ1) is 13.2. The molecule has 2 atom stereocenters. The number of rotatable bonds is 5. The van der Waals surface area contributed by atoms with Crippen LogP contribution in [0.25, 0.3) is 0 Å². The van der Waals surface area contributed by atoms with Gasteiger partial charge in [0.25, 0.3) is 0 Å². The van der Waals surface area contributed by atoms with Crippen LogP contribution in [0.3, 0.4) is 0 Å². The van der Waals surface area contributed by atoms with Gasteiger partial charge < -0.3 is 15.0 Å². The minimum Gasteiger partial charge on any atom is -0.379 e. The molecule has 2 amide bonds. The van der Waals surface area contributed by atoms with E-state index in [1.807, 2.05) is 17.0 Å². The molecule has 0 aromatic carbocycles. The van der Waals surface area contributed by atoms with Gasteiger partial charge in [-0.1, -0.05) is 6.42 Å². The Morgan fingerprint density at radius 1 is 1.07 bits per heavy atom. The fourth-order valence-corrected chi connectivity index (χ4v) is 4.36. The van der Waals surface area contributed by atoms with Crippen LogP contribution in [0.15, 0.2) is 24.5 Å². The van der Waals surface area contributed by atoms with Gasteiger partial charge in [-0.15, -0.1) is 0 Å². The molecule has 6 heteroatoms. The molecule has 3 fully saturated rings. The average molecular weight is 371 g/mol. The van der Waals surface area contributed by atoms with Gasteiger partial charge in [0.15, 0.2) is 0 Å². The summed E-state index contributed by atoms with van der Waals surface area (Å²) < 4.78 is 5.64. The first kappa shape index (κ1) is 18.4. The summed E-state index contributed by atoms with van der Waals surface area (Å²) in [6.07, 6.45) is 9.30. The summed E-state index contributed by atoms with van der Waals surface area (Å²) in [5.74, 6) is 0.997. The molecular weight excluding hydrogens is 342 g/mol. The minimum absolute atomic E-state index is 0.0117. The Hall–Kier alpha value is -1.95. The van der Waals surface area contributed by atoms with E-state index in [-0.39, 0.29) is 23.8 Å². The summed E-state index contributed by atoms with van der Waals surface area (Å²) in [6, 6.07) is 4.11. The number of aromatic nitrogens is 1. The van der Waals surface area contributed by atoms with E-state index in [0.29, 0.717) is 25.0 Å². The number of likely N-dealkylation sites (tertiary alicyclic amines) is 1. The van der Waals surface area contributed by atoms with E-state index in [1.165, 1.54) is 12.0 Å². The third-order valence-corrected chi connectivity index (χ3v) is 6.41. The van der Waals surface area contributed by atoms with Crippen LogP contribution in [0, 0.1) is 17.8 Å². The molecule has 2 aliphatic heterocycles. The SMILES string of the molecule is O=C(NC1COCC1Cc1ccncc1)C1CCN(C(=O)C2CCC2)CC1. The van der Waals surface area contributed by atoms with E-state index < -0.39 is 0 Å². The Bertz CT molecular complexity index is 654. The maximum Gasteiger partial charge on any atom is 0.225 e. The van der Waals surface area contributed by atoms with Gasteiger partial charge in [0.05, 0.1) is 19.3 Å². The molecular formula is C21H29N3O3. The van der Waals surface area contributed by atoms with Crippen LogP contribution in [0.5, 0.6) is 0 Å². The topological polar surface area (TPSA) is 71.5 Å². The van der Waals surface area contributed by atoms with E-state index in [0.717, 1.165) is 45.2 Å². The van der Waals surface area contributed by atoms with Crippen LogP contribution in [0.2, 0.25) is 0 Å². The van der Waals surface area contributed by atoms with Crippen molar-refractivity contribution in [3.63, 3.8) is 0 Å². The van der Waals surface area contributed by atoms with E-state index in [2.05, 4.69) is 10.3 Å². The summed E-state index contributed by atoms with van der Waals surface area (Å²) >= 11 is 0. The molecule has 27 heavy (non-hydrogen) atoms. The number of carbonyl (C=O) groups excluding carboxylic acids is 2. The van der Waals surface area contributed by atoms with Crippen LogP contribution in [0.1, 0.15) is 37.7 Å². The number of hydrogen-bond donors (Lipinski definition) is 1. The Labute approximate surface area is 160 Å². The lowest BCUT2D eigenvalue weighted by atomic mass is 9.83. The second kappa shape index (κ2) is 8.38. The number of nitrogens with one attached hydrogen (secondary N) is 1. The molecule has 3 heterocycles. The largest absolute Gasteiger partial charge is 0.379 e. The summed E-state index contributed by atoms with van der Waals surface area (Å²) in [6.45, 7) is 2.70. The number of carbonyl (C=O) groups is 2. The van der Waals surface area contributed by atoms with Gasteiger partial charge in [-0.2, -0.15) is 0 Å². The van der Waals surface area contributed by atoms with Crippen LogP contribution in [-0.2, 0) is 20.7 Å². The average Bonchev–Trinajstić information content (AvgIpc) is 3.08. The highest BCUT2D eigenvalue weighted by molar-refractivity contribution is 5.81. The zero-order chi connectivity index (χ0) is 18.6. The smallest absolute Gasteiger partial charge is 0.225 e. The molecule has 6 nitrogen and oxygen atoms in total. The van der Waals surface area contributed by atoms with Gasteiger partial charge in [0, 0.05) is 43.2 Å². The van der Waals surface area contributed by atoms with E-state index in [9.17, 15) is 9.59 Å². The highest BCUT2D eigenvalue weighted by Crippen LogP contribution is 2.30. The van der Waals surface area contributed by atoms with Crippen LogP contribution < -0.4 is 5.32 Å². The monoisotopic (exact) mass is 371 g/mol. The maximum absolute atomic E-state index is 12.7. The summed E-state index contributed by atoms with van der Waals surface area (Å²) in [5.41, 5.74) is 1.22. The second-order valence-corrected chi connectivity index (χ2v) is 8.20. The second-order valence-electron chi connectivity index (χ2n) is 8.20. The lowest BCUT2D eigenvalue weighted by molar-refractivity contribution is -0.141. The maximum atomic E-state index is 12.7. The minimum atomic E-state index is 0.0117.